The zero-order valence-electron chi connectivity index (χ0n) is 12.1. The highest BCUT2D eigenvalue weighted by atomic mass is 16.5. The molecule has 0 aromatic heterocycles. The van der Waals surface area contributed by atoms with E-state index in [1.165, 1.54) is 0 Å². The molecule has 0 radical (unpaired) electrons. The highest BCUT2D eigenvalue weighted by molar-refractivity contribution is 5.78. The minimum absolute atomic E-state index is 0.00819. The van der Waals surface area contributed by atoms with Crippen molar-refractivity contribution in [3.8, 4) is 5.75 Å². The fraction of sp³-hybridized carbons (Fsp3) is 0.235. The van der Waals surface area contributed by atoms with Gasteiger partial charge in [-0.3, -0.25) is 4.79 Å². The normalized spacial score (nSPS) is 10.2. The first-order valence-corrected chi connectivity index (χ1v) is 6.89. The average molecular weight is 284 g/mol. The Morgan fingerprint density at radius 2 is 1.81 bits per heavy atom. The number of methoxy groups -OCH3 is 1. The molecule has 0 spiro atoms. The molecule has 4 nitrogen and oxygen atoms in total. The van der Waals surface area contributed by atoms with E-state index in [4.69, 9.17) is 10.5 Å². The standard InChI is InChI=1S/C17H20N2O2/c1-21-16-4-2-3-15(9-16)10-17(20)19-12-14-7-5-13(11-18)6-8-14/h2-9H,10-12,18H2,1H3,(H,19,20). The molecule has 0 bridgehead atoms. The first-order chi connectivity index (χ1) is 10.2. The maximum Gasteiger partial charge on any atom is 0.224 e. The van der Waals surface area contributed by atoms with Crippen LogP contribution >= 0.6 is 0 Å². The average Bonchev–Trinajstić information content (AvgIpc) is 2.53. The Bertz CT molecular complexity index is 594. The van der Waals surface area contributed by atoms with Crippen LogP contribution in [0.4, 0.5) is 0 Å². The molecule has 1 amide bonds. The van der Waals surface area contributed by atoms with Gasteiger partial charge in [0.25, 0.3) is 0 Å². The van der Waals surface area contributed by atoms with Gasteiger partial charge in [0.2, 0.25) is 5.91 Å². The van der Waals surface area contributed by atoms with Crippen LogP contribution in [0.25, 0.3) is 0 Å². The Hall–Kier alpha value is -2.33. The summed E-state index contributed by atoms with van der Waals surface area (Å²) < 4.78 is 5.15. The number of hydrogen-bond acceptors (Lipinski definition) is 3. The number of nitrogens with one attached hydrogen (secondary N) is 1. The summed E-state index contributed by atoms with van der Waals surface area (Å²) in [4.78, 5) is 11.9. The molecule has 0 heterocycles. The lowest BCUT2D eigenvalue weighted by molar-refractivity contribution is -0.120. The minimum atomic E-state index is -0.00819. The molecule has 0 saturated heterocycles. The monoisotopic (exact) mass is 284 g/mol. The molecule has 0 atom stereocenters. The van der Waals surface area contributed by atoms with Gasteiger partial charge in [-0.1, -0.05) is 36.4 Å². The van der Waals surface area contributed by atoms with Gasteiger partial charge in [-0.2, -0.15) is 0 Å². The summed E-state index contributed by atoms with van der Waals surface area (Å²) in [5.41, 5.74) is 8.63. The largest absolute Gasteiger partial charge is 0.497 e. The molecule has 2 rings (SSSR count). The molecular formula is C17H20N2O2. The second kappa shape index (κ2) is 7.45. The van der Waals surface area contributed by atoms with E-state index in [0.29, 0.717) is 19.5 Å². The van der Waals surface area contributed by atoms with E-state index in [-0.39, 0.29) is 5.91 Å². The summed E-state index contributed by atoms with van der Waals surface area (Å²) in [6.07, 6.45) is 0.345. The predicted octanol–water partition coefficient (Wildman–Crippen LogP) is 2.01. The van der Waals surface area contributed by atoms with Crippen LogP contribution in [-0.2, 0) is 24.3 Å². The van der Waals surface area contributed by atoms with Crippen molar-refractivity contribution in [1.82, 2.24) is 5.32 Å². The molecule has 3 N–H and O–H groups in total. The number of carbonyl (C=O) groups excluding carboxylic acids is 1. The number of hydrogen-bond donors (Lipinski definition) is 2. The number of nitrogens with two attached hydrogens (primary N) is 1. The Morgan fingerprint density at radius 1 is 1.10 bits per heavy atom. The van der Waals surface area contributed by atoms with Crippen molar-refractivity contribution in [3.63, 3.8) is 0 Å². The minimum Gasteiger partial charge on any atom is -0.497 e. The van der Waals surface area contributed by atoms with Gasteiger partial charge in [-0.25, -0.2) is 0 Å². The summed E-state index contributed by atoms with van der Waals surface area (Å²) in [5.74, 6) is 0.754. The lowest BCUT2D eigenvalue weighted by Crippen LogP contribution is -2.24. The van der Waals surface area contributed by atoms with Crippen LogP contribution < -0.4 is 15.8 Å². The Labute approximate surface area is 124 Å². The second-order valence-electron chi connectivity index (χ2n) is 4.83. The van der Waals surface area contributed by atoms with Crippen molar-refractivity contribution in [2.45, 2.75) is 19.5 Å². The lowest BCUT2D eigenvalue weighted by Gasteiger charge is -2.07. The third-order valence-electron chi connectivity index (χ3n) is 3.25. The first-order valence-electron chi connectivity index (χ1n) is 6.89. The fourth-order valence-corrected chi connectivity index (χ4v) is 2.02. The van der Waals surface area contributed by atoms with E-state index < -0.39 is 0 Å². The van der Waals surface area contributed by atoms with Gasteiger partial charge in [-0.05, 0) is 28.8 Å². The third kappa shape index (κ3) is 4.61. The van der Waals surface area contributed by atoms with E-state index in [2.05, 4.69) is 5.32 Å². The second-order valence-corrected chi connectivity index (χ2v) is 4.83. The van der Waals surface area contributed by atoms with Crippen molar-refractivity contribution in [2.24, 2.45) is 5.73 Å². The molecule has 0 aliphatic carbocycles. The van der Waals surface area contributed by atoms with Crippen LogP contribution in [0.3, 0.4) is 0 Å². The summed E-state index contributed by atoms with van der Waals surface area (Å²) in [5, 5.41) is 2.91. The van der Waals surface area contributed by atoms with Gasteiger partial charge in [0.15, 0.2) is 0 Å². The Kier molecular flexibility index (Phi) is 5.35. The number of amides is 1. The number of rotatable bonds is 6. The molecule has 0 saturated carbocycles. The molecule has 110 valence electrons. The van der Waals surface area contributed by atoms with Crippen molar-refractivity contribution in [1.29, 1.82) is 0 Å². The molecule has 21 heavy (non-hydrogen) atoms. The topological polar surface area (TPSA) is 64.3 Å². The van der Waals surface area contributed by atoms with Gasteiger partial charge in [-0.15, -0.1) is 0 Å². The molecule has 2 aromatic carbocycles. The third-order valence-corrected chi connectivity index (χ3v) is 3.25. The molecular weight excluding hydrogens is 264 g/mol. The highest BCUT2D eigenvalue weighted by Gasteiger charge is 2.04. The Balaban J connectivity index is 1.86. The maximum atomic E-state index is 11.9. The smallest absolute Gasteiger partial charge is 0.224 e. The zero-order chi connectivity index (χ0) is 15.1. The SMILES string of the molecule is COc1cccc(CC(=O)NCc2ccc(CN)cc2)c1. The van der Waals surface area contributed by atoms with Gasteiger partial charge in [0.05, 0.1) is 13.5 Å². The summed E-state index contributed by atoms with van der Waals surface area (Å²) >= 11 is 0. The van der Waals surface area contributed by atoms with Crippen LogP contribution in [0.5, 0.6) is 5.75 Å². The Morgan fingerprint density at radius 3 is 2.48 bits per heavy atom. The van der Waals surface area contributed by atoms with Crippen molar-refractivity contribution >= 4 is 5.91 Å². The van der Waals surface area contributed by atoms with E-state index in [1.54, 1.807) is 7.11 Å². The number of carbonyl (C=O) groups is 1. The van der Waals surface area contributed by atoms with Crippen molar-refractivity contribution in [3.05, 3.63) is 65.2 Å². The van der Waals surface area contributed by atoms with Crippen LogP contribution in [0.15, 0.2) is 48.5 Å². The molecule has 2 aromatic rings. The van der Waals surface area contributed by atoms with E-state index in [1.807, 2.05) is 48.5 Å². The lowest BCUT2D eigenvalue weighted by atomic mass is 10.1. The molecule has 0 aliphatic rings. The van der Waals surface area contributed by atoms with Crippen LogP contribution in [0.2, 0.25) is 0 Å². The molecule has 0 fully saturated rings. The fourth-order valence-electron chi connectivity index (χ4n) is 2.02. The van der Waals surface area contributed by atoms with Crippen LogP contribution in [0, 0.1) is 0 Å². The van der Waals surface area contributed by atoms with E-state index in [0.717, 1.165) is 22.4 Å². The van der Waals surface area contributed by atoms with Gasteiger partial charge in [0, 0.05) is 13.1 Å². The summed E-state index contributed by atoms with van der Waals surface area (Å²) in [7, 11) is 1.62. The zero-order valence-corrected chi connectivity index (χ0v) is 12.1. The van der Waals surface area contributed by atoms with Crippen molar-refractivity contribution < 1.29 is 9.53 Å². The molecule has 0 aliphatic heterocycles. The number of ether oxygens (including phenoxy) is 1. The van der Waals surface area contributed by atoms with E-state index in [9.17, 15) is 4.79 Å². The van der Waals surface area contributed by atoms with Crippen LogP contribution in [0.1, 0.15) is 16.7 Å². The van der Waals surface area contributed by atoms with Crippen LogP contribution in [-0.4, -0.2) is 13.0 Å². The van der Waals surface area contributed by atoms with Gasteiger partial charge in [0.1, 0.15) is 5.75 Å². The summed E-state index contributed by atoms with van der Waals surface area (Å²) in [6.45, 7) is 1.05. The molecule has 0 unspecified atom stereocenters. The van der Waals surface area contributed by atoms with Gasteiger partial charge < -0.3 is 15.8 Å². The summed E-state index contributed by atoms with van der Waals surface area (Å²) in [6, 6.07) is 15.4. The first kappa shape index (κ1) is 15.1. The molecule has 4 heteroatoms. The predicted molar refractivity (Wildman–Crippen MR) is 82.9 cm³/mol. The van der Waals surface area contributed by atoms with Crippen molar-refractivity contribution in [2.75, 3.05) is 7.11 Å². The van der Waals surface area contributed by atoms with Gasteiger partial charge >= 0.3 is 0 Å². The van der Waals surface area contributed by atoms with E-state index >= 15 is 0 Å². The number of benzene rings is 2. The maximum absolute atomic E-state index is 11.9. The highest BCUT2D eigenvalue weighted by Crippen LogP contribution is 2.13. The quantitative estimate of drug-likeness (QED) is 0.853.